The Morgan fingerprint density at radius 1 is 1.00 bits per heavy atom. The van der Waals surface area contributed by atoms with Crippen molar-refractivity contribution in [1.29, 1.82) is 0 Å². The van der Waals surface area contributed by atoms with Crippen molar-refractivity contribution in [3.05, 3.63) is 64.7 Å². The second-order valence-electron chi connectivity index (χ2n) is 6.82. The molecule has 2 aromatic rings. The van der Waals surface area contributed by atoms with Gasteiger partial charge in [-0.1, -0.05) is 24.3 Å². The van der Waals surface area contributed by atoms with Gasteiger partial charge in [0.2, 0.25) is 11.8 Å². The third kappa shape index (κ3) is 5.60. The highest BCUT2D eigenvalue weighted by Crippen LogP contribution is 2.19. The van der Waals surface area contributed by atoms with E-state index in [0.29, 0.717) is 5.56 Å². The quantitative estimate of drug-likeness (QED) is 0.680. The Bertz CT molecular complexity index is 850. The summed E-state index contributed by atoms with van der Waals surface area (Å²) in [5.74, 6) is -2.55. The largest absolute Gasteiger partial charge is 0.346 e. The van der Waals surface area contributed by atoms with Crippen molar-refractivity contribution in [2.45, 2.75) is 39.8 Å². The zero-order chi connectivity index (χ0) is 20.8. The van der Waals surface area contributed by atoms with Crippen LogP contribution in [0.4, 0.5) is 14.5 Å². The van der Waals surface area contributed by atoms with Crippen molar-refractivity contribution < 1.29 is 18.4 Å². The highest BCUT2D eigenvalue weighted by atomic mass is 19.2. The lowest BCUT2D eigenvalue weighted by Crippen LogP contribution is -2.45. The van der Waals surface area contributed by atoms with Gasteiger partial charge in [-0.05, 0) is 56.5 Å². The average molecular weight is 389 g/mol. The zero-order valence-corrected chi connectivity index (χ0v) is 16.4. The Balaban J connectivity index is 1.86. The molecule has 0 unspecified atom stereocenters. The Kier molecular flexibility index (Phi) is 7.23. The minimum atomic E-state index is -0.938. The highest BCUT2D eigenvalue weighted by Gasteiger charge is 2.18. The van der Waals surface area contributed by atoms with Crippen molar-refractivity contribution in [2.75, 3.05) is 11.9 Å². The van der Waals surface area contributed by atoms with Crippen LogP contribution in [-0.2, 0) is 9.59 Å². The summed E-state index contributed by atoms with van der Waals surface area (Å²) in [4.78, 5) is 24.4. The maximum absolute atomic E-state index is 13.4. The number of nitrogens with one attached hydrogen (secondary N) is 3. The Labute approximate surface area is 163 Å². The molecular formula is C21H25F2N3O2. The topological polar surface area (TPSA) is 70.2 Å². The highest BCUT2D eigenvalue weighted by molar-refractivity contribution is 5.96. The SMILES string of the molecule is Cc1cccc(C)c1NC(=O)CNC(=O)[C@@H](C)N[C@H](C)c1ccc(F)c(F)c1. The third-order valence-corrected chi connectivity index (χ3v) is 4.51. The summed E-state index contributed by atoms with van der Waals surface area (Å²) < 4.78 is 26.4. The number of rotatable bonds is 7. The van der Waals surface area contributed by atoms with Gasteiger partial charge in [0.15, 0.2) is 11.6 Å². The Hall–Kier alpha value is -2.80. The predicted octanol–water partition coefficient (Wildman–Crippen LogP) is 3.38. The van der Waals surface area contributed by atoms with Crippen molar-refractivity contribution in [3.8, 4) is 0 Å². The van der Waals surface area contributed by atoms with E-state index in [1.54, 1.807) is 13.8 Å². The summed E-state index contributed by atoms with van der Waals surface area (Å²) in [6.07, 6.45) is 0. The van der Waals surface area contributed by atoms with Gasteiger partial charge in [-0.2, -0.15) is 0 Å². The van der Waals surface area contributed by atoms with E-state index in [2.05, 4.69) is 16.0 Å². The van der Waals surface area contributed by atoms with E-state index in [1.165, 1.54) is 6.07 Å². The molecule has 2 amide bonds. The van der Waals surface area contributed by atoms with Crippen LogP contribution in [0.25, 0.3) is 0 Å². The Morgan fingerprint density at radius 2 is 1.64 bits per heavy atom. The van der Waals surface area contributed by atoms with Gasteiger partial charge in [0.25, 0.3) is 0 Å². The van der Waals surface area contributed by atoms with Gasteiger partial charge >= 0.3 is 0 Å². The molecule has 0 aliphatic carbocycles. The van der Waals surface area contributed by atoms with Gasteiger partial charge in [0.05, 0.1) is 12.6 Å². The lowest BCUT2D eigenvalue weighted by molar-refractivity contribution is -0.125. The van der Waals surface area contributed by atoms with Gasteiger partial charge < -0.3 is 10.6 Å². The second-order valence-corrected chi connectivity index (χ2v) is 6.82. The number of para-hydroxylation sites is 1. The smallest absolute Gasteiger partial charge is 0.243 e. The molecule has 150 valence electrons. The van der Waals surface area contributed by atoms with E-state index in [9.17, 15) is 18.4 Å². The van der Waals surface area contributed by atoms with Gasteiger partial charge in [-0.15, -0.1) is 0 Å². The summed E-state index contributed by atoms with van der Waals surface area (Å²) in [6, 6.07) is 8.29. The number of amides is 2. The lowest BCUT2D eigenvalue weighted by atomic mass is 10.1. The summed E-state index contributed by atoms with van der Waals surface area (Å²) in [7, 11) is 0. The molecule has 3 N–H and O–H groups in total. The fourth-order valence-corrected chi connectivity index (χ4v) is 2.84. The molecule has 2 rings (SSSR count). The molecule has 0 saturated carbocycles. The molecule has 0 aliphatic rings. The molecule has 5 nitrogen and oxygen atoms in total. The first-order valence-electron chi connectivity index (χ1n) is 9.03. The zero-order valence-electron chi connectivity index (χ0n) is 16.4. The molecule has 0 heterocycles. The first-order chi connectivity index (χ1) is 13.2. The Morgan fingerprint density at radius 3 is 2.25 bits per heavy atom. The molecule has 7 heteroatoms. The molecule has 0 saturated heterocycles. The molecule has 0 aliphatic heterocycles. The van der Waals surface area contributed by atoms with Crippen molar-refractivity contribution in [1.82, 2.24) is 10.6 Å². The van der Waals surface area contributed by atoms with Crippen LogP contribution in [0.1, 0.15) is 36.6 Å². The predicted molar refractivity (Wildman–Crippen MR) is 105 cm³/mol. The number of anilines is 1. The number of carbonyl (C=O) groups is 2. The average Bonchev–Trinajstić information content (AvgIpc) is 2.64. The van der Waals surface area contributed by atoms with E-state index in [1.807, 2.05) is 32.0 Å². The fourth-order valence-electron chi connectivity index (χ4n) is 2.84. The van der Waals surface area contributed by atoms with E-state index in [-0.39, 0.29) is 24.4 Å². The molecule has 2 atom stereocenters. The van der Waals surface area contributed by atoms with Crippen LogP contribution in [0.3, 0.4) is 0 Å². The standard InChI is InChI=1S/C21H25F2N3O2/c1-12-6-5-7-13(2)20(12)26-19(27)11-24-21(28)15(4)25-14(3)16-8-9-17(22)18(23)10-16/h5-10,14-15,25H,11H2,1-4H3,(H,24,28)(H,26,27)/t14-,15-/m1/s1. The molecule has 0 radical (unpaired) electrons. The van der Waals surface area contributed by atoms with Crippen LogP contribution >= 0.6 is 0 Å². The van der Waals surface area contributed by atoms with Crippen LogP contribution in [0.15, 0.2) is 36.4 Å². The molecule has 0 spiro atoms. The van der Waals surface area contributed by atoms with E-state index in [0.717, 1.165) is 28.9 Å². The van der Waals surface area contributed by atoms with Gasteiger partial charge in [0.1, 0.15) is 0 Å². The summed E-state index contributed by atoms with van der Waals surface area (Å²) in [5.41, 5.74) is 3.14. The number of hydrogen-bond donors (Lipinski definition) is 3. The van der Waals surface area contributed by atoms with Gasteiger partial charge in [0, 0.05) is 11.7 Å². The van der Waals surface area contributed by atoms with Gasteiger partial charge in [-0.25, -0.2) is 8.78 Å². The van der Waals surface area contributed by atoms with Crippen LogP contribution in [0, 0.1) is 25.5 Å². The van der Waals surface area contributed by atoms with E-state index >= 15 is 0 Å². The number of carbonyl (C=O) groups excluding carboxylic acids is 2. The second kappa shape index (κ2) is 9.41. The fraction of sp³-hybridized carbons (Fsp3) is 0.333. The third-order valence-electron chi connectivity index (χ3n) is 4.51. The maximum atomic E-state index is 13.4. The van der Waals surface area contributed by atoms with Crippen LogP contribution in [0.5, 0.6) is 0 Å². The molecular weight excluding hydrogens is 364 g/mol. The van der Waals surface area contributed by atoms with Crippen LogP contribution in [-0.4, -0.2) is 24.4 Å². The summed E-state index contributed by atoms with van der Waals surface area (Å²) >= 11 is 0. The van der Waals surface area contributed by atoms with E-state index < -0.39 is 17.7 Å². The molecule has 2 aromatic carbocycles. The molecule has 28 heavy (non-hydrogen) atoms. The number of halogens is 2. The van der Waals surface area contributed by atoms with Crippen molar-refractivity contribution >= 4 is 17.5 Å². The van der Waals surface area contributed by atoms with Crippen molar-refractivity contribution in [2.24, 2.45) is 0 Å². The number of benzene rings is 2. The first kappa shape index (κ1) is 21.5. The molecule has 0 aromatic heterocycles. The lowest BCUT2D eigenvalue weighted by Gasteiger charge is -2.20. The van der Waals surface area contributed by atoms with Gasteiger partial charge in [-0.3, -0.25) is 14.9 Å². The van der Waals surface area contributed by atoms with Crippen LogP contribution < -0.4 is 16.0 Å². The van der Waals surface area contributed by atoms with Crippen LogP contribution in [0.2, 0.25) is 0 Å². The van der Waals surface area contributed by atoms with Crippen molar-refractivity contribution in [3.63, 3.8) is 0 Å². The first-order valence-corrected chi connectivity index (χ1v) is 9.03. The summed E-state index contributed by atoms with van der Waals surface area (Å²) in [5, 5.41) is 8.37. The number of aryl methyl sites for hydroxylation is 2. The minimum absolute atomic E-state index is 0.168. The molecule has 0 bridgehead atoms. The monoisotopic (exact) mass is 389 g/mol. The minimum Gasteiger partial charge on any atom is -0.346 e. The van der Waals surface area contributed by atoms with E-state index in [4.69, 9.17) is 0 Å². The normalized spacial score (nSPS) is 12.9. The number of hydrogen-bond acceptors (Lipinski definition) is 3. The molecule has 0 fully saturated rings. The summed E-state index contributed by atoms with van der Waals surface area (Å²) in [6.45, 7) is 7.00. The maximum Gasteiger partial charge on any atom is 0.243 e.